The van der Waals surface area contributed by atoms with Gasteiger partial charge in [0.05, 0.1) is 6.61 Å². The Bertz CT molecular complexity index is 396. The molecule has 0 radical (unpaired) electrons. The number of rotatable bonds is 5. The first-order valence-electron chi connectivity index (χ1n) is 6.31. The van der Waals surface area contributed by atoms with Crippen LogP contribution < -0.4 is 10.6 Å². The lowest BCUT2D eigenvalue weighted by Gasteiger charge is -2.21. The summed E-state index contributed by atoms with van der Waals surface area (Å²) in [5.41, 5.74) is 0. The fraction of sp³-hybridized carbons (Fsp3) is 0.667. The van der Waals surface area contributed by atoms with Gasteiger partial charge >= 0.3 is 0 Å². The monoisotopic (exact) mass is 314 g/mol. The molecule has 2 heterocycles. The number of anilines is 2. The molecule has 1 aromatic heterocycles. The van der Waals surface area contributed by atoms with Crippen LogP contribution in [0.15, 0.2) is 10.8 Å². The minimum atomic E-state index is 0.341. The van der Waals surface area contributed by atoms with Crippen molar-refractivity contribution in [2.75, 3.05) is 30.4 Å². The Morgan fingerprint density at radius 2 is 2.28 bits per heavy atom. The van der Waals surface area contributed by atoms with Crippen LogP contribution in [0.1, 0.15) is 20.3 Å². The normalized spacial score (nSPS) is 20.7. The number of nitrogens with one attached hydrogen (secondary N) is 2. The Morgan fingerprint density at radius 3 is 2.94 bits per heavy atom. The zero-order valence-electron chi connectivity index (χ0n) is 10.7. The van der Waals surface area contributed by atoms with Gasteiger partial charge in [-0.3, -0.25) is 0 Å². The fourth-order valence-corrected chi connectivity index (χ4v) is 2.50. The summed E-state index contributed by atoms with van der Waals surface area (Å²) in [7, 11) is 0. The van der Waals surface area contributed by atoms with E-state index >= 15 is 0 Å². The van der Waals surface area contributed by atoms with Crippen molar-refractivity contribution in [3.63, 3.8) is 0 Å². The van der Waals surface area contributed by atoms with Gasteiger partial charge in [-0.2, -0.15) is 0 Å². The molecule has 1 aromatic rings. The van der Waals surface area contributed by atoms with Crippen LogP contribution in [0.4, 0.5) is 11.6 Å². The van der Waals surface area contributed by atoms with Crippen molar-refractivity contribution in [2.24, 2.45) is 5.92 Å². The molecule has 1 fully saturated rings. The molecule has 1 aliphatic rings. The summed E-state index contributed by atoms with van der Waals surface area (Å²) >= 11 is 3.54. The summed E-state index contributed by atoms with van der Waals surface area (Å²) in [6.45, 7) is 6.74. The van der Waals surface area contributed by atoms with E-state index in [-0.39, 0.29) is 0 Å². The summed E-state index contributed by atoms with van der Waals surface area (Å²) in [5.74, 6) is 2.21. The van der Waals surface area contributed by atoms with E-state index < -0.39 is 0 Å². The van der Waals surface area contributed by atoms with E-state index in [9.17, 15) is 0 Å². The molecule has 2 N–H and O–H groups in total. The van der Waals surface area contributed by atoms with Crippen molar-refractivity contribution < 1.29 is 4.74 Å². The van der Waals surface area contributed by atoms with E-state index in [4.69, 9.17) is 4.74 Å². The minimum Gasteiger partial charge on any atom is -0.381 e. The summed E-state index contributed by atoms with van der Waals surface area (Å²) in [5, 5.41) is 6.63. The number of hydrogen-bond acceptors (Lipinski definition) is 5. The lowest BCUT2D eigenvalue weighted by molar-refractivity contribution is 0.183. The second-order valence-electron chi connectivity index (χ2n) is 4.47. The van der Waals surface area contributed by atoms with Crippen molar-refractivity contribution in [2.45, 2.75) is 26.3 Å². The van der Waals surface area contributed by atoms with Gasteiger partial charge in [-0.25, -0.2) is 9.97 Å². The van der Waals surface area contributed by atoms with E-state index in [1.807, 2.05) is 6.92 Å². The Labute approximate surface area is 116 Å². The van der Waals surface area contributed by atoms with Crippen LogP contribution in [0, 0.1) is 5.92 Å². The first-order valence-corrected chi connectivity index (χ1v) is 7.10. The van der Waals surface area contributed by atoms with E-state index in [0.29, 0.717) is 12.0 Å². The summed E-state index contributed by atoms with van der Waals surface area (Å²) in [6, 6.07) is 0.341. The summed E-state index contributed by atoms with van der Waals surface area (Å²) in [4.78, 5) is 8.48. The van der Waals surface area contributed by atoms with Crippen molar-refractivity contribution in [3.8, 4) is 0 Å². The van der Waals surface area contributed by atoms with Gasteiger partial charge in [-0.15, -0.1) is 0 Å². The van der Waals surface area contributed by atoms with Gasteiger partial charge in [0.15, 0.2) is 0 Å². The molecule has 0 aromatic carbocycles. The molecule has 18 heavy (non-hydrogen) atoms. The Balaban J connectivity index is 2.06. The largest absolute Gasteiger partial charge is 0.381 e. The Morgan fingerprint density at radius 1 is 1.50 bits per heavy atom. The minimum absolute atomic E-state index is 0.341. The highest BCUT2D eigenvalue weighted by Gasteiger charge is 2.23. The molecule has 0 saturated carbocycles. The molecular weight excluding hydrogens is 296 g/mol. The zero-order chi connectivity index (χ0) is 13.0. The van der Waals surface area contributed by atoms with Crippen LogP contribution >= 0.6 is 15.9 Å². The van der Waals surface area contributed by atoms with E-state index in [1.54, 1.807) is 6.33 Å². The molecule has 2 rings (SSSR count). The van der Waals surface area contributed by atoms with Crippen LogP contribution in [0.25, 0.3) is 0 Å². The van der Waals surface area contributed by atoms with Gasteiger partial charge in [0.2, 0.25) is 0 Å². The summed E-state index contributed by atoms with van der Waals surface area (Å²) in [6.07, 6.45) is 2.68. The van der Waals surface area contributed by atoms with Gasteiger partial charge < -0.3 is 15.4 Å². The molecule has 0 amide bonds. The van der Waals surface area contributed by atoms with Gasteiger partial charge in [-0.1, -0.05) is 0 Å². The third-order valence-corrected chi connectivity index (χ3v) is 3.92. The molecular formula is C12H19BrN4O. The molecule has 100 valence electrons. The lowest BCUT2D eigenvalue weighted by Crippen LogP contribution is -2.27. The average Bonchev–Trinajstić information content (AvgIpc) is 2.88. The number of halogens is 1. The molecule has 1 saturated heterocycles. The van der Waals surface area contributed by atoms with E-state index in [0.717, 1.165) is 42.3 Å². The van der Waals surface area contributed by atoms with Gasteiger partial charge in [-0.05, 0) is 36.2 Å². The molecule has 1 aliphatic heterocycles. The predicted molar refractivity (Wildman–Crippen MR) is 75.9 cm³/mol. The first-order chi connectivity index (χ1) is 8.72. The zero-order valence-corrected chi connectivity index (χ0v) is 12.3. The summed E-state index contributed by atoms with van der Waals surface area (Å²) < 4.78 is 6.30. The highest BCUT2D eigenvalue weighted by Crippen LogP contribution is 2.28. The van der Waals surface area contributed by atoms with Crippen LogP contribution in [-0.2, 0) is 4.74 Å². The van der Waals surface area contributed by atoms with E-state index in [1.165, 1.54) is 0 Å². The highest BCUT2D eigenvalue weighted by molar-refractivity contribution is 9.10. The smallest absolute Gasteiger partial charge is 0.146 e. The molecule has 0 bridgehead atoms. The first kappa shape index (κ1) is 13.5. The van der Waals surface area contributed by atoms with Crippen LogP contribution in [0.2, 0.25) is 0 Å². The van der Waals surface area contributed by atoms with Crippen molar-refractivity contribution >= 4 is 27.6 Å². The maximum Gasteiger partial charge on any atom is 0.146 e. The third-order valence-electron chi connectivity index (χ3n) is 3.17. The highest BCUT2D eigenvalue weighted by atomic mass is 79.9. The second-order valence-corrected chi connectivity index (χ2v) is 5.26. The van der Waals surface area contributed by atoms with Gasteiger partial charge in [0.25, 0.3) is 0 Å². The fourth-order valence-electron chi connectivity index (χ4n) is 2.04. The number of hydrogen-bond donors (Lipinski definition) is 2. The van der Waals surface area contributed by atoms with Crippen LogP contribution in [0.5, 0.6) is 0 Å². The third kappa shape index (κ3) is 3.11. The molecule has 6 heteroatoms. The molecule has 0 spiro atoms. The number of nitrogens with zero attached hydrogens (tertiary/aromatic N) is 2. The predicted octanol–water partition coefficient (Wildman–Crippen LogP) is 2.51. The number of aromatic nitrogens is 2. The van der Waals surface area contributed by atoms with Crippen LogP contribution in [-0.4, -0.2) is 35.8 Å². The van der Waals surface area contributed by atoms with Crippen molar-refractivity contribution in [3.05, 3.63) is 10.8 Å². The van der Waals surface area contributed by atoms with Gasteiger partial charge in [0.1, 0.15) is 22.4 Å². The van der Waals surface area contributed by atoms with Crippen LogP contribution in [0.3, 0.4) is 0 Å². The Hall–Kier alpha value is -0.880. The molecule has 0 aliphatic carbocycles. The number of ether oxygens (including phenoxy) is 1. The average molecular weight is 315 g/mol. The lowest BCUT2D eigenvalue weighted by atomic mass is 10.0. The quantitative estimate of drug-likeness (QED) is 0.874. The molecule has 2 atom stereocenters. The Kier molecular flexibility index (Phi) is 4.77. The molecule has 2 unspecified atom stereocenters. The second kappa shape index (κ2) is 6.33. The van der Waals surface area contributed by atoms with Crippen molar-refractivity contribution in [1.29, 1.82) is 0 Å². The maximum atomic E-state index is 5.41. The molecule has 5 nitrogen and oxygen atoms in total. The SMILES string of the molecule is CCNc1ncnc(NC(C)C2CCOC2)c1Br. The van der Waals surface area contributed by atoms with Crippen molar-refractivity contribution in [1.82, 2.24) is 9.97 Å². The van der Waals surface area contributed by atoms with E-state index in [2.05, 4.69) is 43.5 Å². The topological polar surface area (TPSA) is 59.1 Å². The maximum absolute atomic E-state index is 5.41. The standard InChI is InChI=1S/C12H19BrN4O/c1-3-14-11-10(13)12(16-7-15-11)17-8(2)9-4-5-18-6-9/h7-9H,3-6H2,1-2H3,(H2,14,15,16,17). The van der Waals surface area contributed by atoms with Gasteiger partial charge in [0, 0.05) is 25.1 Å².